The van der Waals surface area contributed by atoms with Crippen LogP contribution in [0.2, 0.25) is 0 Å². The first-order valence-corrected chi connectivity index (χ1v) is 3.69. The van der Waals surface area contributed by atoms with Crippen molar-refractivity contribution in [2.45, 2.75) is 11.4 Å². The van der Waals surface area contributed by atoms with E-state index in [-0.39, 0.29) is 12.2 Å². The predicted molar refractivity (Wildman–Crippen MR) is 45.0 cm³/mol. The molecule has 1 aromatic rings. The minimum Gasteiger partial charge on any atom is -0.395 e. The Hall–Kier alpha value is -0.740. The van der Waals surface area contributed by atoms with Crippen LogP contribution < -0.4 is 5.56 Å². The van der Waals surface area contributed by atoms with Gasteiger partial charge in [0.05, 0.1) is 6.61 Å². The Morgan fingerprint density at radius 1 is 1.64 bits per heavy atom. The molecular weight excluding hydrogens is 162 g/mol. The zero-order chi connectivity index (χ0) is 8.27. The van der Waals surface area contributed by atoms with Crippen molar-refractivity contribution in [2.24, 2.45) is 0 Å². The summed E-state index contributed by atoms with van der Waals surface area (Å²) in [6, 6.07) is 3.12. The van der Waals surface area contributed by atoms with Gasteiger partial charge >= 0.3 is 0 Å². The van der Waals surface area contributed by atoms with Crippen molar-refractivity contribution in [1.82, 2.24) is 4.57 Å². The van der Waals surface area contributed by atoms with Crippen LogP contribution in [0.3, 0.4) is 0 Å². The molecule has 1 rings (SSSR count). The molecule has 0 spiro atoms. The Kier molecular flexibility index (Phi) is 2.73. The highest BCUT2D eigenvalue weighted by Crippen LogP contribution is 1.98. The highest BCUT2D eigenvalue weighted by atomic mass is 32.1. The predicted octanol–water partition coefficient (Wildman–Crippen LogP) is 0.129. The molecule has 60 valence electrons. The molecule has 0 aliphatic carbocycles. The molecule has 0 radical (unpaired) electrons. The Morgan fingerprint density at radius 3 is 2.91 bits per heavy atom. The first kappa shape index (κ1) is 8.36. The molecule has 1 N–H and O–H groups in total. The molecular formula is C7H9NO2S. The van der Waals surface area contributed by atoms with E-state index < -0.39 is 0 Å². The summed E-state index contributed by atoms with van der Waals surface area (Å²) < 4.78 is 1.43. The van der Waals surface area contributed by atoms with Crippen molar-refractivity contribution >= 4 is 12.6 Å². The zero-order valence-corrected chi connectivity index (χ0v) is 6.79. The van der Waals surface area contributed by atoms with Gasteiger partial charge in [-0.2, -0.15) is 0 Å². The maximum atomic E-state index is 11.0. The molecule has 0 saturated heterocycles. The highest BCUT2D eigenvalue weighted by Gasteiger charge is 1.93. The first-order valence-electron chi connectivity index (χ1n) is 3.24. The summed E-state index contributed by atoms with van der Waals surface area (Å²) in [5.74, 6) is 0. The van der Waals surface area contributed by atoms with Crippen molar-refractivity contribution in [1.29, 1.82) is 0 Å². The third-order valence-electron chi connectivity index (χ3n) is 1.32. The van der Waals surface area contributed by atoms with E-state index in [0.29, 0.717) is 11.4 Å². The molecule has 0 bridgehead atoms. The largest absolute Gasteiger partial charge is 0.395 e. The van der Waals surface area contributed by atoms with Crippen LogP contribution in [0.5, 0.6) is 0 Å². The summed E-state index contributed by atoms with van der Waals surface area (Å²) in [6.45, 7) is 0.318. The number of pyridine rings is 1. The maximum Gasteiger partial charge on any atom is 0.251 e. The third-order valence-corrected chi connectivity index (χ3v) is 1.60. The number of hydrogen-bond donors (Lipinski definition) is 2. The number of aliphatic hydroxyl groups is 1. The average Bonchev–Trinajstić information content (AvgIpc) is 1.95. The van der Waals surface area contributed by atoms with Crippen molar-refractivity contribution in [2.75, 3.05) is 6.61 Å². The maximum absolute atomic E-state index is 11.0. The second-order valence-electron chi connectivity index (χ2n) is 2.14. The second kappa shape index (κ2) is 3.59. The molecule has 0 amide bonds. The molecule has 3 nitrogen and oxygen atoms in total. The number of rotatable bonds is 2. The molecule has 11 heavy (non-hydrogen) atoms. The Morgan fingerprint density at radius 2 is 2.36 bits per heavy atom. The molecule has 0 atom stereocenters. The van der Waals surface area contributed by atoms with Gasteiger partial charge in [0.1, 0.15) is 0 Å². The van der Waals surface area contributed by atoms with Gasteiger partial charge in [0, 0.05) is 23.7 Å². The number of hydrogen-bond acceptors (Lipinski definition) is 3. The Bertz CT molecular complexity index is 295. The third kappa shape index (κ3) is 2.10. The summed E-state index contributed by atoms with van der Waals surface area (Å²) in [7, 11) is 0. The smallest absolute Gasteiger partial charge is 0.251 e. The summed E-state index contributed by atoms with van der Waals surface area (Å²) in [5, 5.41) is 8.53. The molecule has 0 unspecified atom stereocenters. The number of aromatic nitrogens is 1. The topological polar surface area (TPSA) is 42.2 Å². The number of aliphatic hydroxyl groups excluding tert-OH is 1. The fourth-order valence-corrected chi connectivity index (χ4v) is 0.967. The van der Waals surface area contributed by atoms with Crippen LogP contribution in [0, 0.1) is 0 Å². The summed E-state index contributed by atoms with van der Waals surface area (Å²) in [6.07, 6.45) is 1.61. The first-order chi connectivity index (χ1) is 5.24. The molecule has 0 fully saturated rings. The molecule has 1 heterocycles. The molecule has 0 aliphatic rings. The molecule has 4 heteroatoms. The van der Waals surface area contributed by atoms with E-state index in [1.807, 2.05) is 0 Å². The van der Waals surface area contributed by atoms with Crippen LogP contribution in [-0.4, -0.2) is 16.3 Å². The lowest BCUT2D eigenvalue weighted by molar-refractivity contribution is 0.274. The van der Waals surface area contributed by atoms with Gasteiger partial charge in [-0.1, -0.05) is 0 Å². The van der Waals surface area contributed by atoms with Crippen molar-refractivity contribution in [3.05, 3.63) is 28.7 Å². The van der Waals surface area contributed by atoms with Crippen LogP contribution in [0.1, 0.15) is 0 Å². The quantitative estimate of drug-likeness (QED) is 0.621. The van der Waals surface area contributed by atoms with Crippen molar-refractivity contribution < 1.29 is 5.11 Å². The standard InChI is InChI=1S/C7H9NO2S/c9-4-3-8-2-1-6(11)5-7(8)10/h1-2,5,9,11H,3-4H2. The molecule has 0 saturated carbocycles. The van der Waals surface area contributed by atoms with Gasteiger partial charge in [-0.3, -0.25) is 4.79 Å². The van der Waals surface area contributed by atoms with E-state index in [4.69, 9.17) is 5.11 Å². The minimum atomic E-state index is -0.133. The lowest BCUT2D eigenvalue weighted by atomic mass is 10.4. The van der Waals surface area contributed by atoms with Gasteiger partial charge in [-0.25, -0.2) is 0 Å². The van der Waals surface area contributed by atoms with E-state index in [1.54, 1.807) is 12.3 Å². The van der Waals surface area contributed by atoms with Gasteiger partial charge in [-0.15, -0.1) is 12.6 Å². The monoisotopic (exact) mass is 171 g/mol. The summed E-state index contributed by atoms with van der Waals surface area (Å²) in [4.78, 5) is 11.7. The van der Waals surface area contributed by atoms with Crippen LogP contribution in [0.25, 0.3) is 0 Å². The van der Waals surface area contributed by atoms with E-state index >= 15 is 0 Å². The summed E-state index contributed by atoms with van der Waals surface area (Å²) in [5.41, 5.74) is -0.133. The lowest BCUT2D eigenvalue weighted by Gasteiger charge is -2.01. The van der Waals surface area contributed by atoms with Crippen LogP contribution >= 0.6 is 12.6 Å². The molecule has 1 aromatic heterocycles. The minimum absolute atomic E-state index is 0.0220. The number of nitrogens with zero attached hydrogens (tertiary/aromatic N) is 1. The van der Waals surface area contributed by atoms with Gasteiger partial charge in [-0.05, 0) is 6.07 Å². The van der Waals surface area contributed by atoms with E-state index in [2.05, 4.69) is 12.6 Å². The average molecular weight is 171 g/mol. The Labute approximate surface area is 69.7 Å². The van der Waals surface area contributed by atoms with Gasteiger partial charge in [0.15, 0.2) is 0 Å². The van der Waals surface area contributed by atoms with Crippen molar-refractivity contribution in [3.8, 4) is 0 Å². The van der Waals surface area contributed by atoms with Crippen molar-refractivity contribution in [3.63, 3.8) is 0 Å². The normalized spacial score (nSPS) is 10.0. The van der Waals surface area contributed by atoms with Gasteiger partial charge in [0.25, 0.3) is 5.56 Å². The second-order valence-corrected chi connectivity index (χ2v) is 2.66. The van der Waals surface area contributed by atoms with Crippen LogP contribution in [0.15, 0.2) is 28.0 Å². The van der Waals surface area contributed by atoms with Crippen LogP contribution in [0.4, 0.5) is 0 Å². The Balaban J connectivity index is 3.00. The number of thiol groups is 1. The van der Waals surface area contributed by atoms with E-state index in [0.717, 1.165) is 0 Å². The molecule has 0 aliphatic heterocycles. The highest BCUT2D eigenvalue weighted by molar-refractivity contribution is 7.80. The van der Waals surface area contributed by atoms with E-state index in [9.17, 15) is 4.79 Å². The van der Waals surface area contributed by atoms with Gasteiger partial charge in [0.2, 0.25) is 0 Å². The zero-order valence-electron chi connectivity index (χ0n) is 5.90. The van der Waals surface area contributed by atoms with Gasteiger partial charge < -0.3 is 9.67 Å². The molecule has 0 aromatic carbocycles. The van der Waals surface area contributed by atoms with Crippen LogP contribution in [-0.2, 0) is 6.54 Å². The fraction of sp³-hybridized carbons (Fsp3) is 0.286. The SMILES string of the molecule is O=c1cc(S)ccn1CCO. The van der Waals surface area contributed by atoms with E-state index in [1.165, 1.54) is 10.6 Å². The summed E-state index contributed by atoms with van der Waals surface area (Å²) >= 11 is 3.99. The fourth-order valence-electron chi connectivity index (χ4n) is 0.790. The lowest BCUT2D eigenvalue weighted by Crippen LogP contribution is -2.19.